The number of ether oxygens (including phenoxy) is 1. The lowest BCUT2D eigenvalue weighted by Gasteiger charge is -2.41. The number of carbonyl (C=O) groups excluding carboxylic acids is 2. The Hall–Kier alpha value is -5.17. The molecule has 4 aromatic rings. The first-order valence-electron chi connectivity index (χ1n) is 17.9. The zero-order chi connectivity index (χ0) is 37.1. The second kappa shape index (κ2) is 13.1. The van der Waals surface area contributed by atoms with Gasteiger partial charge in [-0.05, 0) is 87.4 Å². The van der Waals surface area contributed by atoms with Crippen LogP contribution in [0.25, 0.3) is 11.1 Å². The number of aliphatic hydroxyl groups is 1. The number of carbonyl (C=O) groups is 2. The molecule has 6 heterocycles. The first-order valence-corrected chi connectivity index (χ1v) is 17.9. The Labute approximate surface area is 303 Å². The number of fused-ring (bicyclic) bond motifs is 3. The summed E-state index contributed by atoms with van der Waals surface area (Å²) in [4.78, 5) is 54.6. The highest BCUT2D eigenvalue weighted by molar-refractivity contribution is 6.06. The molecule has 2 N–H and O–H groups in total. The van der Waals surface area contributed by atoms with Crippen molar-refractivity contribution in [1.29, 1.82) is 0 Å². The number of aryl methyl sites for hydroxylation is 1. The number of nitrogens with one attached hydrogen (secondary N) is 1. The maximum Gasteiger partial charge on any atom is 0.410 e. The summed E-state index contributed by atoms with van der Waals surface area (Å²) in [5.41, 5.74) is 5.63. The van der Waals surface area contributed by atoms with Crippen LogP contribution in [-0.4, -0.2) is 78.9 Å². The van der Waals surface area contributed by atoms with Crippen molar-refractivity contribution >= 4 is 35.0 Å². The summed E-state index contributed by atoms with van der Waals surface area (Å²) in [6.07, 6.45) is 6.70. The molecule has 0 aromatic carbocycles. The number of aliphatic hydroxyl groups excluding tert-OH is 1. The van der Waals surface area contributed by atoms with Gasteiger partial charge in [-0.3, -0.25) is 14.5 Å². The lowest BCUT2D eigenvalue weighted by molar-refractivity contribution is 0.0218. The average Bonchev–Trinajstić information content (AvgIpc) is 3.58. The minimum absolute atomic E-state index is 0.0516. The zero-order valence-electron chi connectivity index (χ0n) is 31.1. The Balaban J connectivity index is 1.10. The standard InChI is InChI=1S/C39H48N8O5/c1-24-21-44(37(51)52-38(2,3)4)12-13-45(24)27-8-9-33(41-20-27)42-30-16-26(22-43(7)35(30)49)28-10-11-40-34(29(28)23-48)47-15-14-46-31(36(47)50)17-25-18-39(5,6)19-32(25)46/h8-11,16-17,20,22,24,48H,12-15,18-19,21,23H2,1-7H3,(H,41,42)/t24-/m0/s1. The summed E-state index contributed by atoms with van der Waals surface area (Å²) < 4.78 is 9.20. The van der Waals surface area contributed by atoms with Crippen LogP contribution in [0.15, 0.2) is 53.7 Å². The van der Waals surface area contributed by atoms with Crippen LogP contribution in [0.4, 0.5) is 27.8 Å². The Bertz CT molecular complexity index is 2090. The van der Waals surface area contributed by atoms with E-state index in [4.69, 9.17) is 4.74 Å². The molecule has 3 aliphatic rings. The van der Waals surface area contributed by atoms with E-state index < -0.39 is 5.60 Å². The number of hydrogen-bond donors (Lipinski definition) is 2. The van der Waals surface area contributed by atoms with Crippen LogP contribution < -0.4 is 20.7 Å². The van der Waals surface area contributed by atoms with E-state index >= 15 is 0 Å². The molecule has 274 valence electrons. The van der Waals surface area contributed by atoms with Gasteiger partial charge < -0.3 is 34.1 Å². The Morgan fingerprint density at radius 2 is 1.85 bits per heavy atom. The van der Waals surface area contributed by atoms with E-state index in [1.807, 2.05) is 39.0 Å². The molecular weight excluding hydrogens is 660 g/mol. The SMILES string of the molecule is C[C@H]1CN(C(=O)OC(C)(C)C)CCN1c1ccc(Nc2cc(-c3ccnc(N4CCn5c(cc6c5CC(C)(C)C6)C4=O)c3CO)cn(C)c2=O)nc1. The summed E-state index contributed by atoms with van der Waals surface area (Å²) in [5, 5.41) is 13.9. The van der Waals surface area contributed by atoms with Gasteiger partial charge in [0.15, 0.2) is 0 Å². The number of nitrogens with zero attached hydrogens (tertiary/aromatic N) is 7. The lowest BCUT2D eigenvalue weighted by Crippen LogP contribution is -2.54. The monoisotopic (exact) mass is 708 g/mol. The summed E-state index contributed by atoms with van der Waals surface area (Å²) in [5.74, 6) is 0.780. The van der Waals surface area contributed by atoms with Crippen molar-refractivity contribution in [2.75, 3.05) is 41.3 Å². The number of amides is 2. The topological polar surface area (TPSA) is 138 Å². The molecule has 0 spiro atoms. The number of anilines is 4. The minimum atomic E-state index is -0.549. The van der Waals surface area contributed by atoms with Crippen LogP contribution in [0, 0.1) is 5.41 Å². The van der Waals surface area contributed by atoms with Crippen LogP contribution in [-0.2, 0) is 37.8 Å². The van der Waals surface area contributed by atoms with Crippen molar-refractivity contribution in [2.45, 2.75) is 79.2 Å². The van der Waals surface area contributed by atoms with Gasteiger partial charge in [-0.25, -0.2) is 14.8 Å². The van der Waals surface area contributed by atoms with Gasteiger partial charge >= 0.3 is 6.09 Å². The van der Waals surface area contributed by atoms with E-state index in [2.05, 4.69) is 45.5 Å². The molecule has 0 bridgehead atoms. The van der Waals surface area contributed by atoms with E-state index in [0.29, 0.717) is 72.4 Å². The summed E-state index contributed by atoms with van der Waals surface area (Å²) in [7, 11) is 1.68. The van der Waals surface area contributed by atoms with E-state index in [0.717, 1.165) is 18.5 Å². The number of piperazine rings is 1. The summed E-state index contributed by atoms with van der Waals surface area (Å²) >= 11 is 0. The van der Waals surface area contributed by atoms with Crippen LogP contribution >= 0.6 is 0 Å². The molecule has 13 nitrogen and oxygen atoms in total. The number of pyridine rings is 3. The van der Waals surface area contributed by atoms with Gasteiger partial charge in [0.05, 0.1) is 18.5 Å². The third-order valence-corrected chi connectivity index (χ3v) is 10.2. The van der Waals surface area contributed by atoms with Crippen molar-refractivity contribution < 1.29 is 19.4 Å². The molecule has 1 aliphatic carbocycles. The van der Waals surface area contributed by atoms with Crippen LogP contribution in [0.5, 0.6) is 0 Å². The first kappa shape index (κ1) is 35.2. The molecule has 1 fully saturated rings. The number of aromatic nitrogens is 4. The summed E-state index contributed by atoms with van der Waals surface area (Å²) in [6, 6.07) is 9.39. The fraction of sp³-hybridized carbons (Fsp3) is 0.462. The van der Waals surface area contributed by atoms with E-state index in [-0.39, 0.29) is 35.6 Å². The van der Waals surface area contributed by atoms with Crippen molar-refractivity contribution in [3.63, 3.8) is 0 Å². The highest BCUT2D eigenvalue weighted by atomic mass is 16.6. The summed E-state index contributed by atoms with van der Waals surface area (Å²) in [6.45, 7) is 14.6. The minimum Gasteiger partial charge on any atom is -0.444 e. The van der Waals surface area contributed by atoms with Crippen molar-refractivity contribution in [3.8, 4) is 11.1 Å². The van der Waals surface area contributed by atoms with Crippen LogP contribution in [0.3, 0.4) is 0 Å². The largest absolute Gasteiger partial charge is 0.444 e. The van der Waals surface area contributed by atoms with E-state index in [1.54, 1.807) is 47.6 Å². The zero-order valence-corrected chi connectivity index (χ0v) is 31.1. The third kappa shape index (κ3) is 6.65. The Morgan fingerprint density at radius 3 is 2.54 bits per heavy atom. The normalized spacial score (nSPS) is 18.3. The molecule has 2 aliphatic heterocycles. The molecule has 1 atom stereocenters. The maximum atomic E-state index is 13.9. The fourth-order valence-electron chi connectivity index (χ4n) is 7.80. The Morgan fingerprint density at radius 1 is 1.06 bits per heavy atom. The third-order valence-electron chi connectivity index (χ3n) is 10.2. The predicted octanol–water partition coefficient (Wildman–Crippen LogP) is 5.11. The fourth-order valence-corrected chi connectivity index (χ4v) is 7.80. The molecule has 0 radical (unpaired) electrons. The molecule has 0 unspecified atom stereocenters. The predicted molar refractivity (Wildman–Crippen MR) is 200 cm³/mol. The van der Waals surface area contributed by atoms with Crippen molar-refractivity contribution in [3.05, 3.63) is 81.8 Å². The van der Waals surface area contributed by atoms with Gasteiger partial charge in [-0.1, -0.05) is 13.8 Å². The molecular formula is C39H48N8O5. The molecule has 52 heavy (non-hydrogen) atoms. The molecule has 1 saturated heterocycles. The van der Waals surface area contributed by atoms with Crippen LogP contribution in [0.2, 0.25) is 0 Å². The van der Waals surface area contributed by atoms with Gasteiger partial charge in [-0.15, -0.1) is 0 Å². The Kier molecular flexibility index (Phi) is 8.88. The van der Waals surface area contributed by atoms with Crippen molar-refractivity contribution in [2.24, 2.45) is 12.5 Å². The van der Waals surface area contributed by atoms with Crippen molar-refractivity contribution in [1.82, 2.24) is 24.0 Å². The van der Waals surface area contributed by atoms with E-state index in [9.17, 15) is 19.5 Å². The smallest absolute Gasteiger partial charge is 0.410 e. The molecule has 4 aromatic heterocycles. The van der Waals surface area contributed by atoms with Gasteiger partial charge in [0.1, 0.15) is 28.6 Å². The highest BCUT2D eigenvalue weighted by Crippen LogP contribution is 2.40. The van der Waals surface area contributed by atoms with Crippen LogP contribution in [0.1, 0.15) is 68.9 Å². The highest BCUT2D eigenvalue weighted by Gasteiger charge is 2.38. The number of hydrogen-bond acceptors (Lipinski definition) is 9. The number of rotatable bonds is 6. The van der Waals surface area contributed by atoms with Gasteiger partial charge in [-0.2, -0.15) is 0 Å². The average molecular weight is 709 g/mol. The maximum absolute atomic E-state index is 13.9. The molecule has 7 rings (SSSR count). The van der Waals surface area contributed by atoms with Gasteiger partial charge in [0.2, 0.25) is 0 Å². The van der Waals surface area contributed by atoms with E-state index in [1.165, 1.54) is 15.8 Å². The second-order valence-electron chi connectivity index (χ2n) is 16.0. The molecule has 13 heteroatoms. The molecule has 2 amide bonds. The first-order chi connectivity index (χ1) is 24.6. The van der Waals surface area contributed by atoms with Gasteiger partial charge in [0.25, 0.3) is 11.5 Å². The quantitative estimate of drug-likeness (QED) is 0.280. The second-order valence-corrected chi connectivity index (χ2v) is 16.0. The lowest BCUT2D eigenvalue weighted by atomic mass is 9.90. The van der Waals surface area contributed by atoms with Gasteiger partial charge in [0, 0.05) is 75.0 Å². The molecule has 0 saturated carbocycles.